The lowest BCUT2D eigenvalue weighted by Gasteiger charge is -2.06. The molecule has 1 amide bonds. The maximum Gasteiger partial charge on any atom is 0.278 e. The lowest BCUT2D eigenvalue weighted by molar-refractivity contribution is 0.102. The number of rotatable bonds is 3. The highest BCUT2D eigenvalue weighted by atomic mass is 35.5. The zero-order chi connectivity index (χ0) is 17.3. The van der Waals surface area contributed by atoms with Crippen molar-refractivity contribution in [2.24, 2.45) is 0 Å². The Balaban J connectivity index is 1.89. The normalized spacial score (nSPS) is 10.7. The van der Waals surface area contributed by atoms with E-state index in [4.69, 9.17) is 11.6 Å². The minimum Gasteiger partial charge on any atom is -0.320 e. The molecule has 1 N–H and O–H groups in total. The van der Waals surface area contributed by atoms with Crippen LogP contribution in [-0.4, -0.2) is 20.9 Å². The van der Waals surface area contributed by atoms with Gasteiger partial charge in [0, 0.05) is 5.69 Å². The van der Waals surface area contributed by atoms with Crippen molar-refractivity contribution in [2.45, 2.75) is 6.92 Å². The summed E-state index contributed by atoms with van der Waals surface area (Å²) in [6.45, 7) is 1.60. The van der Waals surface area contributed by atoms with E-state index in [0.29, 0.717) is 11.4 Å². The molecule has 0 atom stereocenters. The predicted octanol–water partition coefficient (Wildman–Crippen LogP) is 3.76. The van der Waals surface area contributed by atoms with Crippen LogP contribution >= 0.6 is 11.6 Å². The van der Waals surface area contributed by atoms with Crippen molar-refractivity contribution in [1.82, 2.24) is 15.0 Å². The van der Waals surface area contributed by atoms with Gasteiger partial charge in [-0.05, 0) is 37.3 Å². The van der Waals surface area contributed by atoms with Gasteiger partial charge in [-0.15, -0.1) is 5.10 Å². The van der Waals surface area contributed by atoms with E-state index in [0.717, 1.165) is 6.07 Å². The van der Waals surface area contributed by atoms with Gasteiger partial charge in [0.1, 0.15) is 17.3 Å². The highest BCUT2D eigenvalue weighted by Gasteiger charge is 2.19. The first-order chi connectivity index (χ1) is 11.5. The average molecular weight is 349 g/mol. The van der Waals surface area contributed by atoms with Crippen molar-refractivity contribution < 1.29 is 13.6 Å². The van der Waals surface area contributed by atoms with E-state index < -0.39 is 17.5 Å². The van der Waals surface area contributed by atoms with E-state index in [1.54, 1.807) is 19.1 Å². The van der Waals surface area contributed by atoms with Gasteiger partial charge in [0.05, 0.1) is 10.7 Å². The third-order valence-corrected chi connectivity index (χ3v) is 3.66. The number of para-hydroxylation sites is 1. The number of nitrogens with one attached hydrogen (secondary N) is 1. The standard InChI is InChI=1S/C16H11ClF2N4O/c1-9-15(16(24)20-10-6-7-12(18)11(17)8-10)21-22-23(9)14-5-3-2-4-13(14)19/h2-8H,1H3,(H,20,24). The zero-order valence-corrected chi connectivity index (χ0v) is 13.2. The number of amides is 1. The molecule has 24 heavy (non-hydrogen) atoms. The number of carbonyl (C=O) groups excluding carboxylic acids is 1. The lowest BCUT2D eigenvalue weighted by atomic mass is 10.2. The number of hydrogen-bond donors (Lipinski definition) is 1. The van der Waals surface area contributed by atoms with E-state index >= 15 is 0 Å². The van der Waals surface area contributed by atoms with Crippen molar-refractivity contribution in [3.8, 4) is 5.69 Å². The monoisotopic (exact) mass is 348 g/mol. The molecule has 0 saturated carbocycles. The summed E-state index contributed by atoms with van der Waals surface area (Å²) in [4.78, 5) is 12.3. The Kier molecular flexibility index (Phi) is 4.26. The first kappa shape index (κ1) is 16.1. The van der Waals surface area contributed by atoms with Crippen LogP contribution in [0, 0.1) is 18.6 Å². The molecule has 0 aliphatic carbocycles. The average Bonchev–Trinajstić information content (AvgIpc) is 2.93. The lowest BCUT2D eigenvalue weighted by Crippen LogP contribution is -2.14. The molecule has 0 unspecified atom stereocenters. The van der Waals surface area contributed by atoms with Crippen LogP contribution in [0.1, 0.15) is 16.2 Å². The summed E-state index contributed by atoms with van der Waals surface area (Å²) >= 11 is 5.68. The molecule has 3 aromatic rings. The number of anilines is 1. The quantitative estimate of drug-likeness (QED) is 0.784. The van der Waals surface area contributed by atoms with Gasteiger partial charge >= 0.3 is 0 Å². The van der Waals surface area contributed by atoms with Crippen molar-refractivity contribution in [3.05, 3.63) is 70.5 Å². The van der Waals surface area contributed by atoms with E-state index in [1.165, 1.54) is 28.9 Å². The molecule has 3 rings (SSSR count). The summed E-state index contributed by atoms with van der Waals surface area (Å²) in [5.74, 6) is -1.63. The summed E-state index contributed by atoms with van der Waals surface area (Å²) in [5, 5.41) is 10.1. The number of hydrogen-bond acceptors (Lipinski definition) is 3. The number of benzene rings is 2. The minimum absolute atomic E-state index is 0.0266. The van der Waals surface area contributed by atoms with Gasteiger partial charge in [-0.3, -0.25) is 4.79 Å². The van der Waals surface area contributed by atoms with Crippen molar-refractivity contribution >= 4 is 23.2 Å². The van der Waals surface area contributed by atoms with Crippen molar-refractivity contribution in [3.63, 3.8) is 0 Å². The molecule has 1 heterocycles. The minimum atomic E-state index is -0.587. The molecule has 2 aromatic carbocycles. The van der Waals surface area contributed by atoms with Gasteiger partial charge in [0.2, 0.25) is 0 Å². The molecule has 0 fully saturated rings. The number of halogens is 3. The van der Waals surface area contributed by atoms with Gasteiger partial charge in [-0.1, -0.05) is 28.9 Å². The maximum atomic E-state index is 13.9. The van der Waals surface area contributed by atoms with Crippen LogP contribution in [0.4, 0.5) is 14.5 Å². The second-order valence-corrected chi connectivity index (χ2v) is 5.38. The van der Waals surface area contributed by atoms with E-state index in [1.807, 2.05) is 0 Å². The van der Waals surface area contributed by atoms with Crippen LogP contribution in [0.15, 0.2) is 42.5 Å². The van der Waals surface area contributed by atoms with Crippen molar-refractivity contribution in [1.29, 1.82) is 0 Å². The molecule has 1 aromatic heterocycles. The Labute approximate surface area is 140 Å². The number of nitrogens with zero attached hydrogens (tertiary/aromatic N) is 3. The van der Waals surface area contributed by atoms with Gasteiger partial charge in [0.25, 0.3) is 5.91 Å². The third kappa shape index (κ3) is 2.98. The van der Waals surface area contributed by atoms with Crippen LogP contribution in [0.3, 0.4) is 0 Å². The summed E-state index contributed by atoms with van der Waals surface area (Å²) in [6.07, 6.45) is 0. The molecular weight excluding hydrogens is 338 g/mol. The molecule has 0 aliphatic heterocycles. The Morgan fingerprint density at radius 3 is 2.62 bits per heavy atom. The second-order valence-electron chi connectivity index (χ2n) is 4.97. The molecule has 8 heteroatoms. The van der Waals surface area contributed by atoms with E-state index in [9.17, 15) is 13.6 Å². The first-order valence-electron chi connectivity index (χ1n) is 6.91. The molecule has 0 aliphatic rings. The summed E-state index contributed by atoms with van der Waals surface area (Å²) in [7, 11) is 0. The zero-order valence-electron chi connectivity index (χ0n) is 12.4. The molecule has 0 saturated heterocycles. The maximum absolute atomic E-state index is 13.9. The van der Waals surface area contributed by atoms with Gasteiger partial charge < -0.3 is 5.32 Å². The summed E-state index contributed by atoms with van der Waals surface area (Å²) in [5.41, 5.74) is 0.891. The molecule has 5 nitrogen and oxygen atoms in total. The molecule has 122 valence electrons. The summed E-state index contributed by atoms with van der Waals surface area (Å²) in [6, 6.07) is 9.81. The van der Waals surface area contributed by atoms with Gasteiger partial charge in [-0.25, -0.2) is 13.5 Å². The summed E-state index contributed by atoms with van der Waals surface area (Å²) < 4.78 is 28.2. The molecular formula is C16H11ClF2N4O. The SMILES string of the molecule is Cc1c(C(=O)Nc2ccc(F)c(Cl)c2)nnn1-c1ccccc1F. The fourth-order valence-corrected chi connectivity index (χ4v) is 2.34. The van der Waals surface area contributed by atoms with Gasteiger partial charge in [-0.2, -0.15) is 0 Å². The molecule has 0 radical (unpaired) electrons. The van der Waals surface area contributed by atoms with E-state index in [-0.39, 0.29) is 16.4 Å². The van der Waals surface area contributed by atoms with E-state index in [2.05, 4.69) is 15.6 Å². The van der Waals surface area contributed by atoms with Crippen LogP contribution in [0.5, 0.6) is 0 Å². The van der Waals surface area contributed by atoms with Gasteiger partial charge in [0.15, 0.2) is 5.69 Å². The smallest absolute Gasteiger partial charge is 0.278 e. The molecule has 0 spiro atoms. The Hall–Kier alpha value is -2.80. The van der Waals surface area contributed by atoms with Crippen LogP contribution in [0.2, 0.25) is 5.02 Å². The van der Waals surface area contributed by atoms with Crippen LogP contribution in [-0.2, 0) is 0 Å². The highest BCUT2D eigenvalue weighted by molar-refractivity contribution is 6.31. The highest BCUT2D eigenvalue weighted by Crippen LogP contribution is 2.21. The first-order valence-corrected chi connectivity index (χ1v) is 7.29. The predicted molar refractivity (Wildman–Crippen MR) is 85.4 cm³/mol. The Bertz CT molecular complexity index is 926. The topological polar surface area (TPSA) is 59.8 Å². The largest absolute Gasteiger partial charge is 0.320 e. The molecule has 0 bridgehead atoms. The van der Waals surface area contributed by atoms with Crippen LogP contribution in [0.25, 0.3) is 5.69 Å². The van der Waals surface area contributed by atoms with Crippen LogP contribution < -0.4 is 5.32 Å². The fourth-order valence-electron chi connectivity index (χ4n) is 2.16. The number of aromatic nitrogens is 3. The second kappa shape index (κ2) is 6.37. The fraction of sp³-hybridized carbons (Fsp3) is 0.0625. The third-order valence-electron chi connectivity index (χ3n) is 3.37. The number of carbonyl (C=O) groups is 1. The van der Waals surface area contributed by atoms with Crippen molar-refractivity contribution in [2.75, 3.05) is 5.32 Å². The Morgan fingerprint density at radius 1 is 1.17 bits per heavy atom. The Morgan fingerprint density at radius 2 is 1.92 bits per heavy atom.